The zero-order valence-corrected chi connectivity index (χ0v) is 11.7. The Kier molecular flexibility index (Phi) is 3.54. The van der Waals surface area contributed by atoms with E-state index in [2.05, 4.69) is 6.92 Å². The molecule has 0 aromatic heterocycles. The van der Waals surface area contributed by atoms with Crippen molar-refractivity contribution in [2.45, 2.75) is 45.1 Å². The molecule has 1 aliphatic heterocycles. The Morgan fingerprint density at radius 3 is 2.53 bits per heavy atom. The third-order valence-corrected chi connectivity index (χ3v) is 6.75. The minimum atomic E-state index is -3.09. The van der Waals surface area contributed by atoms with Gasteiger partial charge in [0.2, 0.25) is 10.0 Å². The fourth-order valence-corrected chi connectivity index (χ4v) is 5.92. The zero-order chi connectivity index (χ0) is 12.7. The van der Waals surface area contributed by atoms with Crippen LogP contribution in [0.3, 0.4) is 0 Å². The highest BCUT2D eigenvalue weighted by Crippen LogP contribution is 2.41. The summed E-state index contributed by atoms with van der Waals surface area (Å²) in [5, 5.41) is 0. The number of hydrogen-bond acceptors (Lipinski definition) is 3. The van der Waals surface area contributed by atoms with Gasteiger partial charge in [-0.15, -0.1) is 0 Å². The third kappa shape index (κ3) is 2.13. The van der Waals surface area contributed by atoms with Crippen LogP contribution in [0.25, 0.3) is 0 Å². The van der Waals surface area contributed by atoms with E-state index in [4.69, 9.17) is 5.73 Å². The monoisotopic (exact) mass is 260 g/mol. The van der Waals surface area contributed by atoms with Crippen LogP contribution in [0.4, 0.5) is 0 Å². The predicted octanol–water partition coefficient (Wildman–Crippen LogP) is 1.18. The highest BCUT2D eigenvalue weighted by molar-refractivity contribution is 7.89. The lowest BCUT2D eigenvalue weighted by molar-refractivity contribution is 0.0801. The van der Waals surface area contributed by atoms with Gasteiger partial charge in [-0.2, -0.15) is 4.31 Å². The van der Waals surface area contributed by atoms with Crippen LogP contribution in [0.15, 0.2) is 0 Å². The molecule has 2 N–H and O–H groups in total. The Bertz CT molecular complexity index is 382. The van der Waals surface area contributed by atoms with Crippen molar-refractivity contribution in [3.8, 4) is 0 Å². The van der Waals surface area contributed by atoms with Crippen molar-refractivity contribution in [3.63, 3.8) is 0 Å². The van der Waals surface area contributed by atoms with E-state index < -0.39 is 10.0 Å². The topological polar surface area (TPSA) is 63.4 Å². The maximum absolute atomic E-state index is 12.3. The molecular formula is C12H24N2O2S. The standard InChI is InChI=1S/C12H24N2O2S/c1-10-7-14(17(15,16)8-10)12(9-13)6-4-3-5-11(12)2/h10-11H,3-9,13H2,1-2H3. The van der Waals surface area contributed by atoms with Crippen LogP contribution in [0, 0.1) is 11.8 Å². The molecule has 1 saturated carbocycles. The molecule has 1 saturated heterocycles. The Balaban J connectivity index is 2.35. The minimum absolute atomic E-state index is 0.234. The van der Waals surface area contributed by atoms with Crippen molar-refractivity contribution in [2.24, 2.45) is 17.6 Å². The summed E-state index contributed by atoms with van der Waals surface area (Å²) in [5.74, 6) is 0.903. The molecule has 2 fully saturated rings. The molecule has 2 rings (SSSR count). The Morgan fingerprint density at radius 1 is 1.35 bits per heavy atom. The van der Waals surface area contributed by atoms with Crippen molar-refractivity contribution >= 4 is 10.0 Å². The van der Waals surface area contributed by atoms with Crippen molar-refractivity contribution in [1.82, 2.24) is 4.31 Å². The Hall–Kier alpha value is -0.130. The molecule has 0 radical (unpaired) electrons. The SMILES string of the molecule is CC1CN(C2(CN)CCCCC2C)S(=O)(=O)C1. The number of rotatable bonds is 2. The van der Waals surface area contributed by atoms with Crippen molar-refractivity contribution in [1.29, 1.82) is 0 Å². The van der Waals surface area contributed by atoms with E-state index in [-0.39, 0.29) is 11.5 Å². The lowest BCUT2D eigenvalue weighted by atomic mass is 9.73. The number of nitrogens with two attached hydrogens (primary N) is 1. The van der Waals surface area contributed by atoms with Gasteiger partial charge in [0.05, 0.1) is 11.3 Å². The normalized spacial score (nSPS) is 42.8. The van der Waals surface area contributed by atoms with E-state index in [1.807, 2.05) is 6.92 Å². The lowest BCUT2D eigenvalue weighted by Gasteiger charge is -2.47. The summed E-state index contributed by atoms with van der Waals surface area (Å²) in [6.45, 7) is 5.28. The van der Waals surface area contributed by atoms with Crippen molar-refractivity contribution < 1.29 is 8.42 Å². The Labute approximate surface area is 105 Å². The fraction of sp³-hybridized carbons (Fsp3) is 1.00. The quantitative estimate of drug-likeness (QED) is 0.811. The van der Waals surface area contributed by atoms with Gasteiger partial charge in [0.1, 0.15) is 0 Å². The molecule has 4 nitrogen and oxygen atoms in total. The van der Waals surface area contributed by atoms with Crippen LogP contribution in [0.1, 0.15) is 39.5 Å². The highest BCUT2D eigenvalue weighted by Gasteiger charge is 2.50. The van der Waals surface area contributed by atoms with Gasteiger partial charge < -0.3 is 5.73 Å². The first-order valence-electron chi connectivity index (χ1n) is 6.63. The summed E-state index contributed by atoms with van der Waals surface area (Å²) in [6, 6.07) is 0. The van der Waals surface area contributed by atoms with Gasteiger partial charge in [-0.25, -0.2) is 8.42 Å². The van der Waals surface area contributed by atoms with Crippen molar-refractivity contribution in [2.75, 3.05) is 18.8 Å². The van der Waals surface area contributed by atoms with Crippen LogP contribution in [0.5, 0.6) is 0 Å². The number of hydrogen-bond donors (Lipinski definition) is 1. The average Bonchev–Trinajstić information content (AvgIpc) is 2.54. The van der Waals surface area contributed by atoms with E-state index in [0.717, 1.165) is 19.3 Å². The molecule has 1 aliphatic carbocycles. The van der Waals surface area contributed by atoms with Crippen LogP contribution in [0.2, 0.25) is 0 Å². The first kappa shape index (κ1) is 13.3. The van der Waals surface area contributed by atoms with E-state index in [1.54, 1.807) is 4.31 Å². The van der Waals surface area contributed by atoms with Crippen LogP contribution < -0.4 is 5.73 Å². The first-order chi connectivity index (χ1) is 7.92. The van der Waals surface area contributed by atoms with E-state index in [1.165, 1.54) is 6.42 Å². The molecule has 3 atom stereocenters. The lowest BCUT2D eigenvalue weighted by Crippen LogP contribution is -2.59. The van der Waals surface area contributed by atoms with Gasteiger partial charge in [-0.1, -0.05) is 26.7 Å². The molecule has 0 aromatic carbocycles. The molecule has 0 spiro atoms. The van der Waals surface area contributed by atoms with Gasteiger partial charge in [-0.3, -0.25) is 0 Å². The second-order valence-corrected chi connectivity index (χ2v) is 7.81. The molecule has 3 unspecified atom stereocenters. The first-order valence-corrected chi connectivity index (χ1v) is 8.24. The van der Waals surface area contributed by atoms with E-state index >= 15 is 0 Å². The average molecular weight is 260 g/mol. The summed E-state index contributed by atoms with van der Waals surface area (Å²) < 4.78 is 26.2. The fourth-order valence-electron chi connectivity index (χ4n) is 3.53. The molecule has 17 heavy (non-hydrogen) atoms. The van der Waals surface area contributed by atoms with Gasteiger partial charge in [-0.05, 0) is 24.7 Å². The summed E-state index contributed by atoms with van der Waals surface area (Å²) in [5.41, 5.74) is 5.67. The third-order valence-electron chi connectivity index (χ3n) is 4.57. The Morgan fingerprint density at radius 2 is 2.06 bits per heavy atom. The van der Waals surface area contributed by atoms with Gasteiger partial charge in [0.25, 0.3) is 0 Å². The molecule has 1 heterocycles. The van der Waals surface area contributed by atoms with Crippen molar-refractivity contribution in [3.05, 3.63) is 0 Å². The summed E-state index contributed by atoms with van der Waals surface area (Å²) >= 11 is 0. The highest BCUT2D eigenvalue weighted by atomic mass is 32.2. The largest absolute Gasteiger partial charge is 0.329 e. The molecule has 0 bridgehead atoms. The second kappa shape index (κ2) is 4.52. The number of sulfonamides is 1. The van der Waals surface area contributed by atoms with Gasteiger partial charge in [0, 0.05) is 13.1 Å². The smallest absolute Gasteiger partial charge is 0.214 e. The number of nitrogens with zero attached hydrogens (tertiary/aromatic N) is 1. The van der Waals surface area contributed by atoms with Crippen LogP contribution >= 0.6 is 0 Å². The van der Waals surface area contributed by atoms with Crippen LogP contribution in [-0.2, 0) is 10.0 Å². The van der Waals surface area contributed by atoms with E-state index in [0.29, 0.717) is 24.8 Å². The molecule has 5 heteroatoms. The maximum Gasteiger partial charge on any atom is 0.214 e. The van der Waals surface area contributed by atoms with Crippen LogP contribution in [-0.4, -0.2) is 37.1 Å². The maximum atomic E-state index is 12.3. The minimum Gasteiger partial charge on any atom is -0.329 e. The second-order valence-electron chi connectivity index (χ2n) is 5.87. The van der Waals surface area contributed by atoms with E-state index in [9.17, 15) is 8.42 Å². The molecule has 0 aromatic rings. The molecule has 0 amide bonds. The summed E-state index contributed by atoms with van der Waals surface area (Å²) in [7, 11) is -3.09. The van der Waals surface area contributed by atoms with Gasteiger partial charge in [0.15, 0.2) is 0 Å². The molecule has 100 valence electrons. The predicted molar refractivity (Wildman–Crippen MR) is 69.1 cm³/mol. The zero-order valence-electron chi connectivity index (χ0n) is 10.9. The molecule has 2 aliphatic rings. The van der Waals surface area contributed by atoms with Gasteiger partial charge >= 0.3 is 0 Å². The summed E-state index contributed by atoms with van der Waals surface area (Å²) in [6.07, 6.45) is 4.32. The summed E-state index contributed by atoms with van der Waals surface area (Å²) in [4.78, 5) is 0. The molecular weight excluding hydrogens is 236 g/mol.